The SMILES string of the molecule is CCOC(Cc1ccccn1)c1ccc(OC)c(OC2CCCC2)c1. The van der Waals surface area contributed by atoms with E-state index in [1.807, 2.05) is 37.4 Å². The third kappa shape index (κ3) is 4.73. The molecule has 1 aromatic carbocycles. The molecule has 1 aliphatic rings. The van der Waals surface area contributed by atoms with Crippen LogP contribution in [-0.2, 0) is 11.2 Å². The van der Waals surface area contributed by atoms with Crippen molar-refractivity contribution in [2.75, 3.05) is 13.7 Å². The lowest BCUT2D eigenvalue weighted by Gasteiger charge is -2.21. The van der Waals surface area contributed by atoms with Crippen LogP contribution in [0, 0.1) is 0 Å². The van der Waals surface area contributed by atoms with Gasteiger partial charge in [0.25, 0.3) is 0 Å². The molecule has 25 heavy (non-hydrogen) atoms. The van der Waals surface area contributed by atoms with Crippen molar-refractivity contribution in [3.8, 4) is 11.5 Å². The van der Waals surface area contributed by atoms with Gasteiger partial charge in [-0.3, -0.25) is 4.98 Å². The fourth-order valence-electron chi connectivity index (χ4n) is 3.35. The first-order valence-corrected chi connectivity index (χ1v) is 9.16. The van der Waals surface area contributed by atoms with Crippen LogP contribution in [0.1, 0.15) is 50.0 Å². The minimum absolute atomic E-state index is 0.0447. The fourth-order valence-corrected chi connectivity index (χ4v) is 3.35. The van der Waals surface area contributed by atoms with Crippen LogP contribution in [0.25, 0.3) is 0 Å². The Morgan fingerprint density at radius 1 is 1.12 bits per heavy atom. The molecule has 0 spiro atoms. The quantitative estimate of drug-likeness (QED) is 0.696. The number of pyridine rings is 1. The predicted octanol–water partition coefficient (Wildman–Crippen LogP) is 4.73. The molecule has 1 fully saturated rings. The van der Waals surface area contributed by atoms with Crippen LogP contribution < -0.4 is 9.47 Å². The average molecular weight is 341 g/mol. The molecule has 4 nitrogen and oxygen atoms in total. The summed E-state index contributed by atoms with van der Waals surface area (Å²) in [6, 6.07) is 12.1. The Morgan fingerprint density at radius 2 is 1.96 bits per heavy atom. The van der Waals surface area contributed by atoms with Crippen molar-refractivity contribution >= 4 is 0 Å². The summed E-state index contributed by atoms with van der Waals surface area (Å²) in [5, 5.41) is 0. The summed E-state index contributed by atoms with van der Waals surface area (Å²) in [5.41, 5.74) is 2.12. The van der Waals surface area contributed by atoms with Gasteiger partial charge in [0.1, 0.15) is 0 Å². The minimum atomic E-state index is -0.0447. The van der Waals surface area contributed by atoms with Crippen molar-refractivity contribution < 1.29 is 14.2 Å². The first-order valence-electron chi connectivity index (χ1n) is 9.16. The molecular formula is C21H27NO3. The van der Waals surface area contributed by atoms with E-state index in [1.165, 1.54) is 12.8 Å². The highest BCUT2D eigenvalue weighted by molar-refractivity contribution is 5.44. The second-order valence-electron chi connectivity index (χ2n) is 6.40. The highest BCUT2D eigenvalue weighted by Gasteiger charge is 2.21. The number of methoxy groups -OCH3 is 1. The number of aromatic nitrogens is 1. The summed E-state index contributed by atoms with van der Waals surface area (Å²) in [5.74, 6) is 1.60. The molecular weight excluding hydrogens is 314 g/mol. The number of nitrogens with zero attached hydrogens (tertiary/aromatic N) is 1. The first kappa shape index (κ1) is 17.7. The van der Waals surface area contributed by atoms with Gasteiger partial charge in [-0.15, -0.1) is 0 Å². The van der Waals surface area contributed by atoms with Crippen LogP contribution in [0.4, 0.5) is 0 Å². The van der Waals surface area contributed by atoms with E-state index in [1.54, 1.807) is 7.11 Å². The number of ether oxygens (including phenoxy) is 3. The van der Waals surface area contributed by atoms with Gasteiger partial charge in [0.2, 0.25) is 0 Å². The first-order chi connectivity index (χ1) is 12.3. The zero-order chi connectivity index (χ0) is 17.5. The lowest BCUT2D eigenvalue weighted by Crippen LogP contribution is -2.13. The van der Waals surface area contributed by atoms with Crippen LogP contribution >= 0.6 is 0 Å². The van der Waals surface area contributed by atoms with Gasteiger partial charge in [0.05, 0.1) is 19.3 Å². The van der Waals surface area contributed by atoms with E-state index in [4.69, 9.17) is 14.2 Å². The average Bonchev–Trinajstić information content (AvgIpc) is 3.15. The zero-order valence-electron chi connectivity index (χ0n) is 15.1. The predicted molar refractivity (Wildman–Crippen MR) is 98.2 cm³/mol. The van der Waals surface area contributed by atoms with Gasteiger partial charge in [0, 0.05) is 24.9 Å². The van der Waals surface area contributed by atoms with Crippen molar-refractivity contribution in [1.29, 1.82) is 0 Å². The van der Waals surface area contributed by atoms with Crippen molar-refractivity contribution in [3.63, 3.8) is 0 Å². The van der Waals surface area contributed by atoms with Gasteiger partial charge in [-0.05, 0) is 62.4 Å². The molecule has 0 aliphatic heterocycles. The molecule has 1 saturated carbocycles. The summed E-state index contributed by atoms with van der Waals surface area (Å²) in [7, 11) is 1.68. The van der Waals surface area contributed by atoms with Crippen LogP contribution in [0.5, 0.6) is 11.5 Å². The molecule has 1 atom stereocenters. The molecule has 3 rings (SSSR count). The smallest absolute Gasteiger partial charge is 0.161 e. The van der Waals surface area contributed by atoms with Gasteiger partial charge >= 0.3 is 0 Å². The highest BCUT2D eigenvalue weighted by Crippen LogP contribution is 2.35. The summed E-state index contributed by atoms with van der Waals surface area (Å²) >= 11 is 0. The molecule has 0 radical (unpaired) electrons. The second kappa shape index (κ2) is 8.86. The van der Waals surface area contributed by atoms with Crippen molar-refractivity contribution in [3.05, 3.63) is 53.9 Å². The lowest BCUT2D eigenvalue weighted by molar-refractivity contribution is 0.0617. The number of benzene rings is 1. The Hall–Kier alpha value is -2.07. The maximum atomic E-state index is 6.22. The van der Waals surface area contributed by atoms with Crippen molar-refractivity contribution in [1.82, 2.24) is 4.98 Å². The van der Waals surface area contributed by atoms with Gasteiger partial charge < -0.3 is 14.2 Å². The van der Waals surface area contributed by atoms with E-state index >= 15 is 0 Å². The molecule has 1 heterocycles. The third-order valence-corrected chi connectivity index (χ3v) is 4.64. The van der Waals surface area contributed by atoms with E-state index in [-0.39, 0.29) is 6.10 Å². The summed E-state index contributed by atoms with van der Waals surface area (Å²) < 4.78 is 17.7. The maximum Gasteiger partial charge on any atom is 0.161 e. The third-order valence-electron chi connectivity index (χ3n) is 4.64. The molecule has 0 saturated heterocycles. The standard InChI is InChI=1S/C21H27NO3/c1-3-24-20(15-17-8-6-7-13-22-17)16-11-12-19(23-2)21(14-16)25-18-9-4-5-10-18/h6-8,11-14,18,20H,3-5,9-10,15H2,1-2H3. The zero-order valence-corrected chi connectivity index (χ0v) is 15.1. The molecule has 4 heteroatoms. The van der Waals surface area contributed by atoms with E-state index in [2.05, 4.69) is 17.1 Å². The molecule has 0 N–H and O–H groups in total. The van der Waals surface area contributed by atoms with Gasteiger partial charge in [0.15, 0.2) is 11.5 Å². The summed E-state index contributed by atoms with van der Waals surface area (Å²) in [6.07, 6.45) is 7.54. The maximum absolute atomic E-state index is 6.22. The summed E-state index contributed by atoms with van der Waals surface area (Å²) in [4.78, 5) is 4.43. The van der Waals surface area contributed by atoms with Gasteiger partial charge in [-0.25, -0.2) is 0 Å². The van der Waals surface area contributed by atoms with Crippen LogP contribution in [0.15, 0.2) is 42.6 Å². The fraction of sp³-hybridized carbons (Fsp3) is 0.476. The molecule has 0 amide bonds. The molecule has 2 aromatic rings. The summed E-state index contributed by atoms with van der Waals surface area (Å²) in [6.45, 7) is 2.67. The van der Waals surface area contributed by atoms with E-state index in [0.717, 1.165) is 42.0 Å². The van der Waals surface area contributed by atoms with Crippen molar-refractivity contribution in [2.45, 2.75) is 51.2 Å². The lowest BCUT2D eigenvalue weighted by atomic mass is 10.0. The Kier molecular flexibility index (Phi) is 6.29. The normalized spacial score (nSPS) is 15.9. The minimum Gasteiger partial charge on any atom is -0.493 e. The second-order valence-corrected chi connectivity index (χ2v) is 6.40. The molecule has 134 valence electrons. The van der Waals surface area contributed by atoms with E-state index in [9.17, 15) is 0 Å². The van der Waals surface area contributed by atoms with E-state index < -0.39 is 0 Å². The molecule has 1 aromatic heterocycles. The number of hydrogen-bond acceptors (Lipinski definition) is 4. The van der Waals surface area contributed by atoms with Crippen LogP contribution in [0.3, 0.4) is 0 Å². The molecule has 1 unspecified atom stereocenters. The Balaban J connectivity index is 1.82. The Morgan fingerprint density at radius 3 is 2.64 bits per heavy atom. The van der Waals surface area contributed by atoms with Crippen LogP contribution in [0.2, 0.25) is 0 Å². The number of rotatable bonds is 8. The Bertz CT molecular complexity index is 653. The molecule has 1 aliphatic carbocycles. The van der Waals surface area contributed by atoms with E-state index in [0.29, 0.717) is 12.7 Å². The Labute approximate surface area is 150 Å². The topological polar surface area (TPSA) is 40.6 Å². The van der Waals surface area contributed by atoms with Crippen molar-refractivity contribution in [2.24, 2.45) is 0 Å². The molecule has 0 bridgehead atoms. The highest BCUT2D eigenvalue weighted by atomic mass is 16.5. The van der Waals surface area contributed by atoms with Crippen LogP contribution in [-0.4, -0.2) is 24.8 Å². The largest absolute Gasteiger partial charge is 0.493 e. The van der Waals surface area contributed by atoms with Gasteiger partial charge in [-0.2, -0.15) is 0 Å². The van der Waals surface area contributed by atoms with Gasteiger partial charge in [-0.1, -0.05) is 12.1 Å². The number of hydrogen-bond donors (Lipinski definition) is 0. The monoisotopic (exact) mass is 341 g/mol.